The Hall–Kier alpha value is -3.80. The van der Waals surface area contributed by atoms with E-state index in [4.69, 9.17) is 4.42 Å². The highest BCUT2D eigenvalue weighted by Gasteiger charge is 2.21. The Morgan fingerprint density at radius 2 is 1.69 bits per heavy atom. The van der Waals surface area contributed by atoms with Crippen LogP contribution >= 0.6 is 11.8 Å². The van der Waals surface area contributed by atoms with Gasteiger partial charge in [-0.3, -0.25) is 30.3 Å². The SMILES string of the molecule is CSc1ccc(Cc2nnc(NC(=O)c3cc([N+](=O)[O-])cc([N+](=O)[O-])c3)o2)cc1. The molecule has 148 valence electrons. The molecule has 0 aliphatic carbocycles. The minimum absolute atomic E-state index is 0.222. The van der Waals surface area contributed by atoms with Crippen LogP contribution in [-0.2, 0) is 6.42 Å². The van der Waals surface area contributed by atoms with Gasteiger partial charge in [0.2, 0.25) is 5.89 Å². The number of benzene rings is 2. The van der Waals surface area contributed by atoms with Crippen molar-refractivity contribution in [2.24, 2.45) is 0 Å². The zero-order chi connectivity index (χ0) is 21.0. The summed E-state index contributed by atoms with van der Waals surface area (Å²) in [7, 11) is 0. The maximum absolute atomic E-state index is 12.3. The third-order valence-electron chi connectivity index (χ3n) is 3.79. The highest BCUT2D eigenvalue weighted by atomic mass is 32.2. The highest BCUT2D eigenvalue weighted by Crippen LogP contribution is 2.23. The summed E-state index contributed by atoms with van der Waals surface area (Å²) >= 11 is 1.61. The van der Waals surface area contributed by atoms with Crippen molar-refractivity contribution < 1.29 is 19.1 Å². The smallest absolute Gasteiger partial charge is 0.322 e. The summed E-state index contributed by atoms with van der Waals surface area (Å²) in [6.45, 7) is 0. The molecule has 1 heterocycles. The van der Waals surface area contributed by atoms with E-state index in [1.807, 2.05) is 30.5 Å². The molecular weight excluding hydrogens is 402 g/mol. The quantitative estimate of drug-likeness (QED) is 0.347. The predicted molar refractivity (Wildman–Crippen MR) is 103 cm³/mol. The summed E-state index contributed by atoms with van der Waals surface area (Å²) in [6, 6.07) is 10.1. The molecule has 1 aromatic heterocycles. The average Bonchev–Trinajstić information content (AvgIpc) is 3.14. The third-order valence-corrected chi connectivity index (χ3v) is 4.53. The molecule has 0 aliphatic rings. The first-order valence-corrected chi connectivity index (χ1v) is 9.28. The highest BCUT2D eigenvalue weighted by molar-refractivity contribution is 7.98. The summed E-state index contributed by atoms with van der Waals surface area (Å²) in [5, 5.41) is 31.7. The van der Waals surface area contributed by atoms with Gasteiger partial charge in [0.15, 0.2) is 0 Å². The number of nitrogens with zero attached hydrogens (tertiary/aromatic N) is 4. The minimum atomic E-state index is -0.851. The van der Waals surface area contributed by atoms with Gasteiger partial charge in [-0.1, -0.05) is 17.2 Å². The van der Waals surface area contributed by atoms with Crippen molar-refractivity contribution in [3.63, 3.8) is 0 Å². The van der Waals surface area contributed by atoms with E-state index in [0.717, 1.165) is 28.7 Å². The number of non-ortho nitro benzene ring substituents is 2. The van der Waals surface area contributed by atoms with E-state index in [9.17, 15) is 25.0 Å². The molecule has 0 radical (unpaired) electrons. The Morgan fingerprint density at radius 3 is 2.24 bits per heavy atom. The first-order valence-electron chi connectivity index (χ1n) is 8.06. The van der Waals surface area contributed by atoms with Gasteiger partial charge in [0, 0.05) is 17.0 Å². The standard InChI is InChI=1S/C17H13N5O6S/c1-29-14-4-2-10(3-5-14)6-15-19-20-17(28-15)18-16(23)11-7-12(21(24)25)9-13(8-11)22(26)27/h2-5,7-9H,6H2,1H3,(H,18,20,23). The summed E-state index contributed by atoms with van der Waals surface area (Å²) in [6.07, 6.45) is 2.32. The average molecular weight is 415 g/mol. The van der Waals surface area contributed by atoms with E-state index in [1.54, 1.807) is 11.8 Å². The number of nitrogens with one attached hydrogen (secondary N) is 1. The number of anilines is 1. The van der Waals surface area contributed by atoms with Crippen LogP contribution in [0.25, 0.3) is 0 Å². The summed E-state index contributed by atoms with van der Waals surface area (Å²) in [5.41, 5.74) is -0.509. The maximum Gasteiger partial charge on any atom is 0.322 e. The zero-order valence-corrected chi connectivity index (χ0v) is 15.7. The van der Waals surface area contributed by atoms with Crippen LogP contribution in [0.5, 0.6) is 0 Å². The molecule has 29 heavy (non-hydrogen) atoms. The summed E-state index contributed by atoms with van der Waals surface area (Å²) in [4.78, 5) is 33.7. The number of aromatic nitrogens is 2. The number of nitro benzene ring substituents is 2. The number of thioether (sulfide) groups is 1. The lowest BCUT2D eigenvalue weighted by molar-refractivity contribution is -0.394. The number of nitro groups is 2. The lowest BCUT2D eigenvalue weighted by Crippen LogP contribution is -2.13. The minimum Gasteiger partial charge on any atom is -0.407 e. The fourth-order valence-corrected chi connectivity index (χ4v) is 2.81. The van der Waals surface area contributed by atoms with Crippen molar-refractivity contribution in [1.29, 1.82) is 0 Å². The number of hydrogen-bond acceptors (Lipinski definition) is 9. The van der Waals surface area contributed by atoms with Crippen LogP contribution in [0.15, 0.2) is 51.8 Å². The Morgan fingerprint density at radius 1 is 1.07 bits per heavy atom. The van der Waals surface area contributed by atoms with Gasteiger partial charge < -0.3 is 4.42 Å². The van der Waals surface area contributed by atoms with E-state index < -0.39 is 27.1 Å². The normalized spacial score (nSPS) is 10.5. The molecule has 11 nitrogen and oxygen atoms in total. The van der Waals surface area contributed by atoms with Crippen LogP contribution in [0.4, 0.5) is 17.4 Å². The van der Waals surface area contributed by atoms with Crippen molar-refractivity contribution in [2.45, 2.75) is 11.3 Å². The molecule has 0 spiro atoms. The lowest BCUT2D eigenvalue weighted by atomic mass is 10.1. The maximum atomic E-state index is 12.3. The van der Waals surface area contributed by atoms with Gasteiger partial charge >= 0.3 is 6.01 Å². The molecule has 0 aliphatic heterocycles. The van der Waals surface area contributed by atoms with Crippen LogP contribution in [0.3, 0.4) is 0 Å². The second kappa shape index (κ2) is 8.48. The molecule has 0 bridgehead atoms. The molecular formula is C17H13N5O6S. The van der Waals surface area contributed by atoms with Crippen molar-refractivity contribution in [1.82, 2.24) is 10.2 Å². The molecule has 0 unspecified atom stereocenters. The molecule has 0 saturated heterocycles. The zero-order valence-electron chi connectivity index (χ0n) is 14.9. The topological polar surface area (TPSA) is 154 Å². The largest absolute Gasteiger partial charge is 0.407 e. The Balaban J connectivity index is 1.74. The fraction of sp³-hybridized carbons (Fsp3) is 0.118. The van der Waals surface area contributed by atoms with Crippen LogP contribution < -0.4 is 5.32 Å². The van der Waals surface area contributed by atoms with Gasteiger partial charge in [0.25, 0.3) is 17.3 Å². The van der Waals surface area contributed by atoms with Crippen molar-refractivity contribution in [3.05, 3.63) is 79.7 Å². The third kappa shape index (κ3) is 4.93. The van der Waals surface area contributed by atoms with Gasteiger partial charge in [-0.2, -0.15) is 0 Å². The van der Waals surface area contributed by atoms with Crippen molar-refractivity contribution in [3.8, 4) is 0 Å². The Bertz CT molecular complexity index is 1050. The summed E-state index contributed by atoms with van der Waals surface area (Å²) < 4.78 is 5.36. The van der Waals surface area contributed by atoms with E-state index >= 15 is 0 Å². The molecule has 2 aromatic carbocycles. The second-order valence-electron chi connectivity index (χ2n) is 5.73. The van der Waals surface area contributed by atoms with Crippen molar-refractivity contribution >= 4 is 35.1 Å². The first-order chi connectivity index (χ1) is 13.9. The second-order valence-corrected chi connectivity index (χ2v) is 6.61. The molecule has 3 aromatic rings. The van der Waals surface area contributed by atoms with E-state index in [-0.39, 0.29) is 17.5 Å². The van der Waals surface area contributed by atoms with Crippen LogP contribution in [0.2, 0.25) is 0 Å². The molecule has 1 amide bonds. The van der Waals surface area contributed by atoms with E-state index in [0.29, 0.717) is 6.42 Å². The number of carbonyl (C=O) groups is 1. The summed E-state index contributed by atoms with van der Waals surface area (Å²) in [5.74, 6) is -0.599. The van der Waals surface area contributed by atoms with Gasteiger partial charge in [0.1, 0.15) is 0 Å². The molecule has 3 rings (SSSR count). The molecule has 1 N–H and O–H groups in total. The van der Waals surface area contributed by atoms with Crippen LogP contribution in [0, 0.1) is 20.2 Å². The van der Waals surface area contributed by atoms with Crippen LogP contribution in [-0.4, -0.2) is 32.2 Å². The molecule has 0 fully saturated rings. The number of rotatable bonds is 7. The number of hydrogen-bond donors (Lipinski definition) is 1. The Kier molecular flexibility index (Phi) is 5.83. The molecule has 0 atom stereocenters. The predicted octanol–water partition coefficient (Wildman–Crippen LogP) is 3.45. The van der Waals surface area contributed by atoms with Gasteiger partial charge in [-0.05, 0) is 24.0 Å². The van der Waals surface area contributed by atoms with E-state index in [1.165, 1.54) is 0 Å². The fourth-order valence-electron chi connectivity index (χ4n) is 2.40. The first kappa shape index (κ1) is 19.9. The van der Waals surface area contributed by atoms with Crippen LogP contribution in [0.1, 0.15) is 21.8 Å². The number of carbonyl (C=O) groups excluding carboxylic acids is 1. The molecule has 0 saturated carbocycles. The number of amides is 1. The Labute approximate surface area is 167 Å². The lowest BCUT2D eigenvalue weighted by Gasteiger charge is -2.01. The van der Waals surface area contributed by atoms with Gasteiger partial charge in [-0.15, -0.1) is 16.9 Å². The van der Waals surface area contributed by atoms with E-state index in [2.05, 4.69) is 15.5 Å². The van der Waals surface area contributed by atoms with Gasteiger partial charge in [-0.25, -0.2) is 0 Å². The van der Waals surface area contributed by atoms with Gasteiger partial charge in [0.05, 0.1) is 27.9 Å². The van der Waals surface area contributed by atoms with Crippen molar-refractivity contribution in [2.75, 3.05) is 11.6 Å². The monoisotopic (exact) mass is 415 g/mol. The molecule has 12 heteroatoms.